The largest absolute Gasteiger partial charge is 0.507 e. The van der Waals surface area contributed by atoms with Crippen LogP contribution in [-0.2, 0) is 6.54 Å². The van der Waals surface area contributed by atoms with Crippen molar-refractivity contribution in [1.82, 2.24) is 4.90 Å². The van der Waals surface area contributed by atoms with Crippen LogP contribution >= 0.6 is 22.6 Å². The number of aromatic hydroxyl groups is 1. The molecule has 0 unspecified atom stereocenters. The first-order valence-electron chi connectivity index (χ1n) is 3.72. The Balaban J connectivity index is 2.92. The Labute approximate surface area is 86.3 Å². The van der Waals surface area contributed by atoms with E-state index in [1.54, 1.807) is 6.07 Å². The van der Waals surface area contributed by atoms with E-state index in [1.165, 1.54) is 5.56 Å². The van der Waals surface area contributed by atoms with Crippen LogP contribution in [0.5, 0.6) is 5.75 Å². The second kappa shape index (κ2) is 4.09. The molecule has 0 aliphatic rings. The molecule has 1 rings (SSSR count). The zero-order valence-electron chi connectivity index (χ0n) is 7.21. The summed E-state index contributed by atoms with van der Waals surface area (Å²) < 4.78 is 0.948. The maximum atomic E-state index is 9.39. The highest BCUT2D eigenvalue weighted by Gasteiger charge is 2.03. The summed E-state index contributed by atoms with van der Waals surface area (Å²) in [5, 5.41) is 9.39. The standard InChI is InChI=1S/C9H12INO/c1-11(2)6-7-4-3-5-8(12)9(7)10/h3-5,12H,6H2,1-2H3. The molecule has 1 aromatic carbocycles. The number of phenolic OH excluding ortho intramolecular Hbond substituents is 1. The molecular weight excluding hydrogens is 265 g/mol. The molecule has 0 aliphatic carbocycles. The van der Waals surface area contributed by atoms with Crippen molar-refractivity contribution in [2.45, 2.75) is 6.54 Å². The predicted octanol–water partition coefficient (Wildman–Crippen LogP) is 2.06. The lowest BCUT2D eigenvalue weighted by Gasteiger charge is -2.11. The Hall–Kier alpha value is -0.290. The topological polar surface area (TPSA) is 23.5 Å². The molecule has 3 heteroatoms. The molecule has 0 radical (unpaired) electrons. The first-order valence-corrected chi connectivity index (χ1v) is 4.80. The van der Waals surface area contributed by atoms with Crippen LogP contribution in [0.25, 0.3) is 0 Å². The van der Waals surface area contributed by atoms with Crippen LogP contribution in [0.15, 0.2) is 18.2 Å². The van der Waals surface area contributed by atoms with Crippen molar-refractivity contribution < 1.29 is 5.11 Å². The number of nitrogens with zero attached hydrogens (tertiary/aromatic N) is 1. The van der Waals surface area contributed by atoms with E-state index in [0.717, 1.165) is 10.1 Å². The van der Waals surface area contributed by atoms with Gasteiger partial charge in [0.2, 0.25) is 0 Å². The van der Waals surface area contributed by atoms with Crippen molar-refractivity contribution in [3.05, 3.63) is 27.3 Å². The van der Waals surface area contributed by atoms with Crippen molar-refractivity contribution >= 4 is 22.6 Å². The molecule has 1 aromatic rings. The summed E-state index contributed by atoms with van der Waals surface area (Å²) in [7, 11) is 4.03. The van der Waals surface area contributed by atoms with Crippen molar-refractivity contribution in [3.63, 3.8) is 0 Å². The zero-order chi connectivity index (χ0) is 9.14. The minimum Gasteiger partial charge on any atom is -0.507 e. The molecule has 1 N–H and O–H groups in total. The third-order valence-electron chi connectivity index (χ3n) is 1.54. The molecule has 0 fully saturated rings. The number of hydrogen-bond donors (Lipinski definition) is 1. The van der Waals surface area contributed by atoms with Gasteiger partial charge in [-0.25, -0.2) is 0 Å². The quantitative estimate of drug-likeness (QED) is 0.836. The van der Waals surface area contributed by atoms with Crippen LogP contribution in [0, 0.1) is 3.57 Å². The Morgan fingerprint density at radius 1 is 1.42 bits per heavy atom. The van der Waals surface area contributed by atoms with E-state index in [2.05, 4.69) is 27.5 Å². The molecule has 0 bridgehead atoms. The molecule has 0 heterocycles. The lowest BCUT2D eigenvalue weighted by molar-refractivity contribution is 0.399. The van der Waals surface area contributed by atoms with Gasteiger partial charge in [0.25, 0.3) is 0 Å². The monoisotopic (exact) mass is 277 g/mol. The summed E-state index contributed by atoms with van der Waals surface area (Å²) in [4.78, 5) is 2.08. The molecule has 0 amide bonds. The first-order chi connectivity index (χ1) is 5.61. The van der Waals surface area contributed by atoms with Gasteiger partial charge >= 0.3 is 0 Å². The number of rotatable bonds is 2. The van der Waals surface area contributed by atoms with Gasteiger partial charge in [-0.2, -0.15) is 0 Å². The van der Waals surface area contributed by atoms with E-state index < -0.39 is 0 Å². The molecule has 0 atom stereocenters. The average Bonchev–Trinajstić information content (AvgIpc) is 1.98. The summed E-state index contributed by atoms with van der Waals surface area (Å²) >= 11 is 2.16. The van der Waals surface area contributed by atoms with E-state index in [0.29, 0.717) is 5.75 Å². The Morgan fingerprint density at radius 3 is 2.67 bits per heavy atom. The summed E-state index contributed by atoms with van der Waals surface area (Å²) in [5.74, 6) is 0.370. The van der Waals surface area contributed by atoms with E-state index in [-0.39, 0.29) is 0 Å². The number of halogens is 1. The van der Waals surface area contributed by atoms with E-state index in [9.17, 15) is 5.11 Å². The van der Waals surface area contributed by atoms with Gasteiger partial charge in [-0.05, 0) is 48.3 Å². The average molecular weight is 277 g/mol. The molecule has 0 spiro atoms. The van der Waals surface area contributed by atoms with Crippen LogP contribution in [0.4, 0.5) is 0 Å². The maximum absolute atomic E-state index is 9.39. The fourth-order valence-electron chi connectivity index (χ4n) is 1.03. The second-order valence-electron chi connectivity index (χ2n) is 2.99. The van der Waals surface area contributed by atoms with Gasteiger partial charge in [0, 0.05) is 6.54 Å². The van der Waals surface area contributed by atoms with E-state index >= 15 is 0 Å². The minimum absolute atomic E-state index is 0.370. The zero-order valence-corrected chi connectivity index (χ0v) is 9.37. The van der Waals surface area contributed by atoms with Gasteiger partial charge in [0.15, 0.2) is 0 Å². The van der Waals surface area contributed by atoms with Gasteiger partial charge < -0.3 is 10.0 Å². The second-order valence-corrected chi connectivity index (χ2v) is 4.07. The smallest absolute Gasteiger partial charge is 0.129 e. The minimum atomic E-state index is 0.370. The van der Waals surface area contributed by atoms with Crippen molar-refractivity contribution in [2.75, 3.05) is 14.1 Å². The van der Waals surface area contributed by atoms with Gasteiger partial charge in [-0.1, -0.05) is 12.1 Å². The normalized spacial score (nSPS) is 10.7. The highest BCUT2D eigenvalue weighted by Crippen LogP contribution is 2.23. The van der Waals surface area contributed by atoms with E-state index in [4.69, 9.17) is 0 Å². The fourth-order valence-corrected chi connectivity index (χ4v) is 1.56. The molecule has 2 nitrogen and oxygen atoms in total. The fraction of sp³-hybridized carbons (Fsp3) is 0.333. The molecule has 0 aromatic heterocycles. The highest BCUT2D eigenvalue weighted by atomic mass is 127. The van der Waals surface area contributed by atoms with Gasteiger partial charge in [0.1, 0.15) is 5.75 Å². The molecule has 0 saturated carbocycles. The van der Waals surface area contributed by atoms with Crippen LogP contribution < -0.4 is 0 Å². The van der Waals surface area contributed by atoms with Crippen LogP contribution in [0.1, 0.15) is 5.56 Å². The first kappa shape index (κ1) is 9.80. The third kappa shape index (κ3) is 2.35. The van der Waals surface area contributed by atoms with Gasteiger partial charge in [-0.15, -0.1) is 0 Å². The molecule has 12 heavy (non-hydrogen) atoms. The summed E-state index contributed by atoms with van der Waals surface area (Å²) in [6.07, 6.45) is 0. The summed E-state index contributed by atoms with van der Waals surface area (Å²) in [6, 6.07) is 5.61. The maximum Gasteiger partial charge on any atom is 0.129 e. The number of hydrogen-bond acceptors (Lipinski definition) is 2. The van der Waals surface area contributed by atoms with Gasteiger partial charge in [0.05, 0.1) is 3.57 Å². The van der Waals surface area contributed by atoms with Crippen molar-refractivity contribution in [1.29, 1.82) is 0 Å². The van der Waals surface area contributed by atoms with Crippen LogP contribution in [0.3, 0.4) is 0 Å². The Morgan fingerprint density at radius 2 is 2.08 bits per heavy atom. The van der Waals surface area contributed by atoms with Crippen LogP contribution in [-0.4, -0.2) is 24.1 Å². The van der Waals surface area contributed by atoms with Gasteiger partial charge in [-0.3, -0.25) is 0 Å². The SMILES string of the molecule is CN(C)Cc1cccc(O)c1I. The third-order valence-corrected chi connectivity index (χ3v) is 2.79. The summed E-state index contributed by atoms with van der Waals surface area (Å²) in [6.45, 7) is 0.868. The molecular formula is C9H12INO. The predicted molar refractivity (Wildman–Crippen MR) is 58.2 cm³/mol. The Bertz CT molecular complexity index is 273. The molecule has 0 aliphatic heterocycles. The molecule has 0 saturated heterocycles. The van der Waals surface area contributed by atoms with Crippen molar-refractivity contribution in [3.8, 4) is 5.75 Å². The highest BCUT2D eigenvalue weighted by molar-refractivity contribution is 14.1. The van der Waals surface area contributed by atoms with Crippen LogP contribution in [0.2, 0.25) is 0 Å². The lowest BCUT2D eigenvalue weighted by atomic mass is 10.2. The molecule has 66 valence electrons. The summed E-state index contributed by atoms with van der Waals surface area (Å²) in [5.41, 5.74) is 1.17. The lowest BCUT2D eigenvalue weighted by Crippen LogP contribution is -2.11. The van der Waals surface area contributed by atoms with Crippen molar-refractivity contribution in [2.24, 2.45) is 0 Å². The number of benzene rings is 1. The van der Waals surface area contributed by atoms with E-state index in [1.807, 2.05) is 26.2 Å². The number of phenols is 1. The Kier molecular flexibility index (Phi) is 3.34.